The van der Waals surface area contributed by atoms with Gasteiger partial charge in [-0.05, 0) is 42.1 Å². The summed E-state index contributed by atoms with van der Waals surface area (Å²) in [5.41, 5.74) is 9.05. The zero-order chi connectivity index (χ0) is 25.4. The van der Waals surface area contributed by atoms with E-state index >= 15 is 0 Å². The van der Waals surface area contributed by atoms with E-state index in [-0.39, 0.29) is 29.3 Å². The van der Waals surface area contributed by atoms with Gasteiger partial charge in [0.2, 0.25) is 0 Å². The largest absolute Gasteiger partial charge is 0.463 e. The molecule has 0 saturated heterocycles. The smallest absolute Gasteiger partial charge is 0.336 e. The van der Waals surface area contributed by atoms with Crippen molar-refractivity contribution >= 4 is 50.9 Å². The number of hydrogen-bond donors (Lipinski definition) is 1. The maximum absolute atomic E-state index is 13.8. The van der Waals surface area contributed by atoms with Crippen LogP contribution < -0.4 is 5.73 Å². The maximum atomic E-state index is 13.8. The van der Waals surface area contributed by atoms with Gasteiger partial charge in [0, 0.05) is 15.9 Å². The summed E-state index contributed by atoms with van der Waals surface area (Å²) < 4.78 is 6.14. The minimum atomic E-state index is -0.792. The number of rotatable bonds is 4. The number of fused-ring (bicyclic) bond motifs is 2. The number of carbonyl (C=O) groups excluding carboxylic acids is 2. The Balaban J connectivity index is 1.72. The molecule has 1 amide bonds. The molecule has 36 heavy (non-hydrogen) atoms. The molecule has 5 rings (SSSR count). The van der Waals surface area contributed by atoms with Crippen molar-refractivity contribution in [2.45, 2.75) is 17.9 Å². The molecule has 0 spiro atoms. The van der Waals surface area contributed by atoms with Gasteiger partial charge in [-0.25, -0.2) is 9.78 Å². The first-order valence-electron chi connectivity index (χ1n) is 11.0. The predicted octanol–water partition coefficient (Wildman–Crippen LogP) is 5.43. The van der Waals surface area contributed by atoms with E-state index in [1.165, 1.54) is 16.7 Å². The molecule has 0 bridgehead atoms. The van der Waals surface area contributed by atoms with E-state index < -0.39 is 17.8 Å². The summed E-state index contributed by atoms with van der Waals surface area (Å²) in [4.78, 5) is 34.2. The summed E-state index contributed by atoms with van der Waals surface area (Å²) in [5, 5.41) is 12.7. The molecule has 10 heteroatoms. The molecule has 0 radical (unpaired) electrons. The van der Waals surface area contributed by atoms with Crippen LogP contribution >= 0.6 is 39.0 Å². The van der Waals surface area contributed by atoms with Gasteiger partial charge in [0.1, 0.15) is 10.8 Å². The van der Waals surface area contributed by atoms with Crippen LogP contribution in [0.25, 0.3) is 10.6 Å². The SMILES string of the molecule is CCOC(=O)C1=C2CSc3nc(-c4cccs4)ccc3C(=O)N2C(N)=C(C#N)C1c1ccccc1Br. The van der Waals surface area contributed by atoms with Crippen molar-refractivity contribution in [3.63, 3.8) is 0 Å². The Hall–Kier alpha value is -3.39. The van der Waals surface area contributed by atoms with Crippen LogP contribution in [0.1, 0.15) is 28.8 Å². The highest BCUT2D eigenvalue weighted by Gasteiger charge is 2.43. The van der Waals surface area contributed by atoms with E-state index in [9.17, 15) is 14.9 Å². The number of thioether (sulfide) groups is 1. The third-order valence-corrected chi connectivity index (χ3v) is 8.54. The second-order valence-corrected chi connectivity index (χ2v) is 10.7. The summed E-state index contributed by atoms with van der Waals surface area (Å²) in [6.45, 7) is 1.86. The third-order valence-electron chi connectivity index (χ3n) is 5.92. The van der Waals surface area contributed by atoms with E-state index in [1.54, 1.807) is 30.4 Å². The Kier molecular flexibility index (Phi) is 6.71. The van der Waals surface area contributed by atoms with Crippen LogP contribution in [0.3, 0.4) is 0 Å². The van der Waals surface area contributed by atoms with Crippen LogP contribution in [0.2, 0.25) is 0 Å². The number of ether oxygens (including phenoxy) is 1. The van der Waals surface area contributed by atoms with Gasteiger partial charge in [0.25, 0.3) is 5.91 Å². The Morgan fingerprint density at radius 2 is 2.08 bits per heavy atom. The molecule has 2 aliphatic heterocycles. The van der Waals surface area contributed by atoms with Crippen molar-refractivity contribution < 1.29 is 14.3 Å². The van der Waals surface area contributed by atoms with Crippen molar-refractivity contribution in [2.75, 3.05) is 12.4 Å². The van der Waals surface area contributed by atoms with Crippen LogP contribution in [0, 0.1) is 11.3 Å². The number of nitrogens with two attached hydrogens (primary N) is 1. The quantitative estimate of drug-likeness (QED) is 0.411. The highest BCUT2D eigenvalue weighted by molar-refractivity contribution is 9.10. The van der Waals surface area contributed by atoms with Crippen molar-refractivity contribution in [3.05, 3.63) is 92.2 Å². The predicted molar refractivity (Wildman–Crippen MR) is 142 cm³/mol. The number of nitrogens with zero attached hydrogens (tertiary/aromatic N) is 3. The molecule has 0 fully saturated rings. The zero-order valence-electron chi connectivity index (χ0n) is 19.0. The van der Waals surface area contributed by atoms with Crippen molar-refractivity contribution in [1.82, 2.24) is 9.88 Å². The van der Waals surface area contributed by atoms with E-state index in [0.29, 0.717) is 26.3 Å². The lowest BCUT2D eigenvalue weighted by Gasteiger charge is -2.35. The number of pyridine rings is 1. The molecule has 2 N–H and O–H groups in total. The van der Waals surface area contributed by atoms with E-state index in [2.05, 4.69) is 22.0 Å². The van der Waals surface area contributed by atoms with Gasteiger partial charge >= 0.3 is 5.97 Å². The van der Waals surface area contributed by atoms with E-state index in [1.807, 2.05) is 41.8 Å². The Labute approximate surface area is 224 Å². The summed E-state index contributed by atoms with van der Waals surface area (Å²) in [6.07, 6.45) is 0. The molecule has 3 aromatic rings. The number of allylic oxidation sites excluding steroid dienone is 1. The molecule has 1 unspecified atom stereocenters. The lowest BCUT2D eigenvalue weighted by Crippen LogP contribution is -2.41. The monoisotopic (exact) mass is 578 g/mol. The fraction of sp³-hybridized carbons (Fsp3) is 0.154. The standard InChI is InChI=1S/C26H19BrN4O3S2/c1-2-34-26(33)22-19-13-36-24-15(9-10-18(30-24)20-8-5-11-35-20)25(32)31(19)23(29)16(12-28)21(22)14-6-3-4-7-17(14)27/h3-11,21H,2,13,29H2,1H3. The molecule has 1 atom stereocenters. The number of nitriles is 1. The van der Waals surface area contributed by atoms with Gasteiger partial charge in [-0.3, -0.25) is 9.69 Å². The lowest BCUT2D eigenvalue weighted by molar-refractivity contribution is -0.138. The van der Waals surface area contributed by atoms with Crippen LogP contribution in [0.4, 0.5) is 0 Å². The molecule has 2 aromatic heterocycles. The van der Waals surface area contributed by atoms with E-state index in [4.69, 9.17) is 15.5 Å². The normalized spacial score (nSPS) is 17.3. The number of thiophene rings is 1. The van der Waals surface area contributed by atoms with Gasteiger partial charge in [-0.1, -0.05) is 52.0 Å². The fourth-order valence-electron chi connectivity index (χ4n) is 4.34. The van der Waals surface area contributed by atoms with Crippen LogP contribution in [0.5, 0.6) is 0 Å². The molecular formula is C26H19BrN4O3S2. The molecule has 0 saturated carbocycles. The van der Waals surface area contributed by atoms with Crippen molar-refractivity contribution in [3.8, 4) is 16.6 Å². The first-order valence-corrected chi connectivity index (χ1v) is 13.7. The summed E-state index contributed by atoms with van der Waals surface area (Å²) in [7, 11) is 0. The molecule has 180 valence electrons. The summed E-state index contributed by atoms with van der Waals surface area (Å²) >= 11 is 6.46. The number of esters is 1. The topological polar surface area (TPSA) is 109 Å². The minimum Gasteiger partial charge on any atom is -0.463 e. The Bertz CT molecular complexity index is 1490. The van der Waals surface area contributed by atoms with Gasteiger partial charge in [0.15, 0.2) is 0 Å². The van der Waals surface area contributed by atoms with Crippen molar-refractivity contribution in [1.29, 1.82) is 5.26 Å². The first-order chi connectivity index (χ1) is 17.5. The minimum absolute atomic E-state index is 0.00193. The van der Waals surface area contributed by atoms with Gasteiger partial charge in [-0.15, -0.1) is 11.3 Å². The molecule has 4 heterocycles. The average Bonchev–Trinajstić information content (AvgIpc) is 3.37. The molecular weight excluding hydrogens is 560 g/mol. The number of amides is 1. The van der Waals surface area contributed by atoms with Gasteiger partial charge in [0.05, 0.1) is 45.9 Å². The molecule has 0 aliphatic carbocycles. The molecule has 2 aliphatic rings. The van der Waals surface area contributed by atoms with Crippen LogP contribution in [0.15, 0.2) is 86.1 Å². The second-order valence-electron chi connectivity index (χ2n) is 7.90. The van der Waals surface area contributed by atoms with Crippen LogP contribution in [-0.4, -0.2) is 34.1 Å². The second kappa shape index (κ2) is 9.93. The average molecular weight is 580 g/mol. The Morgan fingerprint density at radius 1 is 1.28 bits per heavy atom. The number of benzene rings is 1. The molecule has 1 aromatic carbocycles. The number of aromatic nitrogens is 1. The third kappa shape index (κ3) is 4.03. The zero-order valence-corrected chi connectivity index (χ0v) is 22.2. The Morgan fingerprint density at radius 3 is 2.78 bits per heavy atom. The highest BCUT2D eigenvalue weighted by Crippen LogP contribution is 2.46. The summed E-state index contributed by atoms with van der Waals surface area (Å²) in [5.74, 6) is -1.58. The first kappa shape index (κ1) is 24.3. The number of carbonyl (C=O) groups is 2. The number of hydrogen-bond acceptors (Lipinski definition) is 8. The van der Waals surface area contributed by atoms with Gasteiger partial charge in [-0.2, -0.15) is 5.26 Å². The summed E-state index contributed by atoms with van der Waals surface area (Å²) in [6, 6.07) is 16.9. The maximum Gasteiger partial charge on any atom is 0.336 e. The van der Waals surface area contributed by atoms with E-state index in [0.717, 1.165) is 10.6 Å². The highest BCUT2D eigenvalue weighted by atomic mass is 79.9. The van der Waals surface area contributed by atoms with Crippen LogP contribution in [-0.2, 0) is 9.53 Å². The van der Waals surface area contributed by atoms with Crippen molar-refractivity contribution in [2.24, 2.45) is 5.73 Å². The number of halogens is 1. The van der Waals surface area contributed by atoms with Gasteiger partial charge < -0.3 is 10.5 Å². The lowest BCUT2D eigenvalue weighted by atomic mass is 9.81. The fourth-order valence-corrected chi connectivity index (χ4v) is 6.58. The molecule has 7 nitrogen and oxygen atoms in total.